The van der Waals surface area contributed by atoms with Crippen LogP contribution in [0.5, 0.6) is 0 Å². The zero-order chi connectivity index (χ0) is 13.7. The number of aryl methyl sites for hydroxylation is 1. The maximum atomic E-state index is 12.4. The molecule has 0 bridgehead atoms. The Balaban J connectivity index is 2.23. The number of hydrogen-bond acceptors (Lipinski definition) is 3. The Hall–Kier alpha value is -1.07. The third kappa shape index (κ3) is 3.48. The van der Waals surface area contributed by atoms with Gasteiger partial charge in [-0.2, -0.15) is 0 Å². The van der Waals surface area contributed by atoms with Gasteiger partial charge in [0.1, 0.15) is 0 Å². The van der Waals surface area contributed by atoms with Gasteiger partial charge in [-0.05, 0) is 43.7 Å². The van der Waals surface area contributed by atoms with E-state index in [4.69, 9.17) is 5.11 Å². The molecule has 106 valence electrons. The first-order valence-corrected chi connectivity index (χ1v) is 8.45. The molecule has 1 N–H and O–H groups in total. The summed E-state index contributed by atoms with van der Waals surface area (Å²) in [6.07, 6.45) is 3.92. The average Bonchev–Trinajstić information content (AvgIpc) is 2.61. The maximum Gasteiger partial charge on any atom is 0.235 e. The van der Waals surface area contributed by atoms with Crippen LogP contribution in [0.15, 0.2) is 24.3 Å². The second-order valence-corrected chi connectivity index (χ2v) is 6.92. The molecule has 0 saturated carbocycles. The van der Waals surface area contributed by atoms with Gasteiger partial charge in [-0.1, -0.05) is 18.2 Å². The van der Waals surface area contributed by atoms with Gasteiger partial charge in [0.05, 0.1) is 11.4 Å². The molecule has 1 aliphatic heterocycles. The molecule has 5 heteroatoms. The Bertz CT molecular complexity index is 513. The minimum Gasteiger partial charge on any atom is -0.396 e. The lowest BCUT2D eigenvalue weighted by Gasteiger charge is -2.24. The molecular formula is C14H21NO3S. The van der Waals surface area contributed by atoms with Crippen LogP contribution in [-0.2, 0) is 16.4 Å². The van der Waals surface area contributed by atoms with E-state index < -0.39 is 10.0 Å². The van der Waals surface area contributed by atoms with Crippen molar-refractivity contribution in [3.63, 3.8) is 0 Å². The number of fused-ring (bicyclic) bond motifs is 1. The number of aliphatic hydroxyl groups excluding tert-OH is 1. The van der Waals surface area contributed by atoms with Crippen LogP contribution in [0, 0.1) is 0 Å². The second-order valence-electron chi connectivity index (χ2n) is 4.90. The summed E-state index contributed by atoms with van der Waals surface area (Å²) in [5, 5.41) is 8.77. The third-order valence-corrected chi connectivity index (χ3v) is 5.32. The number of nitrogens with zero attached hydrogens (tertiary/aromatic N) is 1. The molecule has 0 aromatic heterocycles. The molecule has 0 unspecified atom stereocenters. The van der Waals surface area contributed by atoms with Gasteiger partial charge in [0.25, 0.3) is 0 Å². The summed E-state index contributed by atoms with van der Waals surface area (Å²) in [4.78, 5) is 0. The lowest BCUT2D eigenvalue weighted by Crippen LogP contribution is -2.33. The summed E-state index contributed by atoms with van der Waals surface area (Å²) in [7, 11) is -3.27. The monoisotopic (exact) mass is 283 g/mol. The second kappa shape index (κ2) is 6.39. The molecule has 0 spiro atoms. The lowest BCUT2D eigenvalue weighted by atomic mass is 10.1. The van der Waals surface area contributed by atoms with E-state index >= 15 is 0 Å². The van der Waals surface area contributed by atoms with Crippen LogP contribution < -0.4 is 4.31 Å². The van der Waals surface area contributed by atoms with E-state index in [9.17, 15) is 8.42 Å². The highest BCUT2D eigenvalue weighted by Gasteiger charge is 2.25. The van der Waals surface area contributed by atoms with Gasteiger partial charge in [-0.15, -0.1) is 0 Å². The van der Waals surface area contributed by atoms with E-state index in [2.05, 4.69) is 0 Å². The van der Waals surface area contributed by atoms with E-state index in [1.54, 1.807) is 4.31 Å². The summed E-state index contributed by atoms with van der Waals surface area (Å²) in [6, 6.07) is 7.75. The summed E-state index contributed by atoms with van der Waals surface area (Å²) >= 11 is 0. The van der Waals surface area contributed by atoms with Gasteiger partial charge < -0.3 is 5.11 Å². The number of benzene rings is 1. The number of hydrogen-bond donors (Lipinski definition) is 1. The number of sulfonamides is 1. The van der Waals surface area contributed by atoms with Crippen LogP contribution in [0.3, 0.4) is 0 Å². The summed E-state index contributed by atoms with van der Waals surface area (Å²) in [5.41, 5.74) is 1.95. The first-order valence-electron chi connectivity index (χ1n) is 6.84. The van der Waals surface area contributed by atoms with Gasteiger partial charge in [-0.3, -0.25) is 4.31 Å². The van der Waals surface area contributed by atoms with Crippen molar-refractivity contribution < 1.29 is 13.5 Å². The van der Waals surface area contributed by atoms with Gasteiger partial charge in [0.15, 0.2) is 0 Å². The van der Waals surface area contributed by atoms with Crippen molar-refractivity contribution in [3.05, 3.63) is 29.8 Å². The van der Waals surface area contributed by atoms with Crippen LogP contribution in [0.25, 0.3) is 0 Å². The lowest BCUT2D eigenvalue weighted by molar-refractivity contribution is 0.287. The topological polar surface area (TPSA) is 57.6 Å². The van der Waals surface area contributed by atoms with Crippen molar-refractivity contribution in [1.29, 1.82) is 0 Å². The van der Waals surface area contributed by atoms with E-state index in [0.717, 1.165) is 30.5 Å². The molecule has 0 fully saturated rings. The molecule has 0 atom stereocenters. The molecule has 1 heterocycles. The molecule has 1 aromatic rings. The molecule has 0 radical (unpaired) electrons. The van der Waals surface area contributed by atoms with Crippen molar-refractivity contribution in [1.82, 2.24) is 0 Å². The van der Waals surface area contributed by atoms with Crippen LogP contribution >= 0.6 is 0 Å². The first kappa shape index (κ1) is 14.3. The van der Waals surface area contributed by atoms with Gasteiger partial charge >= 0.3 is 0 Å². The highest BCUT2D eigenvalue weighted by molar-refractivity contribution is 7.92. The molecule has 4 nitrogen and oxygen atoms in total. The molecule has 0 amide bonds. The van der Waals surface area contributed by atoms with Crippen LogP contribution in [0.2, 0.25) is 0 Å². The first-order chi connectivity index (χ1) is 9.15. The van der Waals surface area contributed by atoms with Crippen molar-refractivity contribution in [2.24, 2.45) is 0 Å². The van der Waals surface area contributed by atoms with E-state index in [1.165, 1.54) is 0 Å². The van der Waals surface area contributed by atoms with Crippen LogP contribution in [0.1, 0.15) is 31.2 Å². The standard InChI is InChI=1S/C14H21NO3S/c16-11-5-6-12-19(17,18)15-10-4-3-8-13-7-1-2-9-14(13)15/h1-2,7,9,16H,3-6,8,10-12H2. The van der Waals surface area contributed by atoms with Crippen LogP contribution in [-0.4, -0.2) is 32.4 Å². The summed E-state index contributed by atoms with van der Waals surface area (Å²) < 4.78 is 26.4. The number of aliphatic hydroxyl groups is 1. The predicted octanol–water partition coefficient (Wildman–Crippen LogP) is 1.93. The normalized spacial score (nSPS) is 15.9. The van der Waals surface area contributed by atoms with Gasteiger partial charge in [0.2, 0.25) is 10.0 Å². The molecule has 1 aromatic carbocycles. The number of para-hydroxylation sites is 1. The number of anilines is 1. The van der Waals surface area contributed by atoms with Gasteiger partial charge in [-0.25, -0.2) is 8.42 Å². The Labute approximate surface area is 115 Å². The summed E-state index contributed by atoms with van der Waals surface area (Å²) in [5.74, 6) is 0.113. The van der Waals surface area contributed by atoms with Crippen molar-refractivity contribution >= 4 is 15.7 Å². The fraction of sp³-hybridized carbons (Fsp3) is 0.571. The molecule has 0 aliphatic carbocycles. The predicted molar refractivity (Wildman–Crippen MR) is 76.8 cm³/mol. The van der Waals surface area contributed by atoms with Crippen molar-refractivity contribution in [3.8, 4) is 0 Å². The van der Waals surface area contributed by atoms with E-state index in [1.807, 2.05) is 24.3 Å². The van der Waals surface area contributed by atoms with E-state index in [-0.39, 0.29) is 12.4 Å². The average molecular weight is 283 g/mol. The maximum absolute atomic E-state index is 12.4. The largest absolute Gasteiger partial charge is 0.396 e. The Morgan fingerprint density at radius 2 is 1.95 bits per heavy atom. The minimum atomic E-state index is -3.27. The SMILES string of the molecule is O=S(=O)(CCCCO)N1CCCCc2ccccc21. The molecule has 0 saturated heterocycles. The smallest absolute Gasteiger partial charge is 0.235 e. The minimum absolute atomic E-state index is 0.0477. The van der Waals surface area contributed by atoms with Crippen molar-refractivity contribution in [2.45, 2.75) is 32.1 Å². The Morgan fingerprint density at radius 1 is 1.16 bits per heavy atom. The van der Waals surface area contributed by atoms with Gasteiger partial charge in [0, 0.05) is 13.2 Å². The van der Waals surface area contributed by atoms with E-state index in [0.29, 0.717) is 19.4 Å². The van der Waals surface area contributed by atoms with Crippen molar-refractivity contribution in [2.75, 3.05) is 23.2 Å². The molecule has 19 heavy (non-hydrogen) atoms. The zero-order valence-electron chi connectivity index (χ0n) is 11.1. The highest BCUT2D eigenvalue weighted by atomic mass is 32.2. The Morgan fingerprint density at radius 3 is 2.74 bits per heavy atom. The fourth-order valence-electron chi connectivity index (χ4n) is 2.45. The summed E-state index contributed by atoms with van der Waals surface area (Å²) in [6.45, 7) is 0.616. The number of rotatable bonds is 5. The third-order valence-electron chi connectivity index (χ3n) is 3.46. The highest BCUT2D eigenvalue weighted by Crippen LogP contribution is 2.28. The Kier molecular flexibility index (Phi) is 4.82. The number of unbranched alkanes of at least 4 members (excludes halogenated alkanes) is 1. The molecular weight excluding hydrogens is 262 g/mol. The molecule has 2 rings (SSSR count). The molecule has 1 aliphatic rings. The fourth-order valence-corrected chi connectivity index (χ4v) is 4.13. The quantitative estimate of drug-likeness (QED) is 0.840. The van der Waals surface area contributed by atoms with Crippen LogP contribution in [0.4, 0.5) is 5.69 Å². The zero-order valence-corrected chi connectivity index (χ0v) is 11.9.